The SMILES string of the molecule is CCCc1ccc(S(=O)(=O)N2CCN(C(=O)Nc3ccncc3)CC2)cc1. The Morgan fingerprint density at radius 3 is 2.26 bits per heavy atom. The Morgan fingerprint density at radius 1 is 1.04 bits per heavy atom. The largest absolute Gasteiger partial charge is 0.322 e. The first kappa shape index (κ1) is 19.3. The molecule has 1 aromatic carbocycles. The number of carbonyl (C=O) groups excluding carboxylic acids is 1. The molecule has 0 atom stereocenters. The van der Waals surface area contributed by atoms with E-state index >= 15 is 0 Å². The number of carbonyl (C=O) groups is 1. The molecular formula is C19H24N4O3S. The van der Waals surface area contributed by atoms with Crippen LogP contribution in [0.5, 0.6) is 0 Å². The fraction of sp³-hybridized carbons (Fsp3) is 0.368. The van der Waals surface area contributed by atoms with E-state index in [1.807, 2.05) is 12.1 Å². The molecule has 0 spiro atoms. The molecule has 144 valence electrons. The van der Waals surface area contributed by atoms with Gasteiger partial charge in [0.25, 0.3) is 0 Å². The van der Waals surface area contributed by atoms with Crippen molar-refractivity contribution in [2.45, 2.75) is 24.7 Å². The minimum absolute atomic E-state index is 0.234. The van der Waals surface area contributed by atoms with Crippen LogP contribution in [0.15, 0.2) is 53.7 Å². The highest BCUT2D eigenvalue weighted by molar-refractivity contribution is 7.89. The van der Waals surface area contributed by atoms with Gasteiger partial charge in [0, 0.05) is 44.3 Å². The van der Waals surface area contributed by atoms with E-state index in [0.717, 1.165) is 18.4 Å². The maximum absolute atomic E-state index is 12.8. The van der Waals surface area contributed by atoms with Crippen molar-refractivity contribution in [3.8, 4) is 0 Å². The number of hydrogen-bond acceptors (Lipinski definition) is 4. The molecule has 1 saturated heterocycles. The zero-order valence-corrected chi connectivity index (χ0v) is 16.2. The summed E-state index contributed by atoms with van der Waals surface area (Å²) < 4.78 is 27.1. The van der Waals surface area contributed by atoms with Gasteiger partial charge in [-0.25, -0.2) is 13.2 Å². The summed E-state index contributed by atoms with van der Waals surface area (Å²) in [5, 5.41) is 2.79. The maximum atomic E-state index is 12.8. The van der Waals surface area contributed by atoms with Crippen LogP contribution in [0, 0.1) is 0 Å². The highest BCUT2D eigenvalue weighted by atomic mass is 32.2. The van der Waals surface area contributed by atoms with Gasteiger partial charge in [0.1, 0.15) is 0 Å². The van der Waals surface area contributed by atoms with Crippen molar-refractivity contribution in [3.63, 3.8) is 0 Å². The maximum Gasteiger partial charge on any atom is 0.321 e. The molecule has 0 aliphatic carbocycles. The number of benzene rings is 1. The smallest absolute Gasteiger partial charge is 0.321 e. The van der Waals surface area contributed by atoms with Gasteiger partial charge in [-0.2, -0.15) is 4.31 Å². The minimum atomic E-state index is -3.54. The Kier molecular flexibility index (Phi) is 6.08. The van der Waals surface area contributed by atoms with E-state index in [0.29, 0.717) is 23.7 Å². The van der Waals surface area contributed by atoms with Crippen molar-refractivity contribution in [2.75, 3.05) is 31.5 Å². The molecule has 1 fully saturated rings. The van der Waals surface area contributed by atoms with Gasteiger partial charge in [-0.1, -0.05) is 25.5 Å². The Morgan fingerprint density at radius 2 is 1.67 bits per heavy atom. The average Bonchev–Trinajstić information content (AvgIpc) is 2.69. The third-order valence-electron chi connectivity index (χ3n) is 4.56. The summed E-state index contributed by atoms with van der Waals surface area (Å²) in [6.07, 6.45) is 5.17. The second-order valence-corrected chi connectivity index (χ2v) is 8.39. The van der Waals surface area contributed by atoms with Crippen LogP contribution < -0.4 is 5.32 Å². The molecule has 0 unspecified atom stereocenters. The number of hydrogen-bond donors (Lipinski definition) is 1. The highest BCUT2D eigenvalue weighted by Crippen LogP contribution is 2.19. The molecule has 27 heavy (non-hydrogen) atoms. The number of pyridine rings is 1. The first-order valence-corrected chi connectivity index (χ1v) is 10.5. The third kappa shape index (κ3) is 4.64. The van der Waals surface area contributed by atoms with Crippen LogP contribution in [0.4, 0.5) is 10.5 Å². The predicted octanol–water partition coefficient (Wildman–Crippen LogP) is 2.57. The summed E-state index contributed by atoms with van der Waals surface area (Å²) >= 11 is 0. The number of anilines is 1. The lowest BCUT2D eigenvalue weighted by Crippen LogP contribution is -2.51. The van der Waals surface area contributed by atoms with Gasteiger partial charge in [-0.3, -0.25) is 4.98 Å². The van der Waals surface area contributed by atoms with E-state index in [1.54, 1.807) is 41.6 Å². The number of amides is 2. The molecule has 1 N–H and O–H groups in total. The minimum Gasteiger partial charge on any atom is -0.322 e. The van der Waals surface area contributed by atoms with Crippen molar-refractivity contribution in [2.24, 2.45) is 0 Å². The van der Waals surface area contributed by atoms with Gasteiger partial charge in [0.05, 0.1) is 4.90 Å². The summed E-state index contributed by atoms with van der Waals surface area (Å²) in [5.41, 5.74) is 1.80. The number of aromatic nitrogens is 1. The second-order valence-electron chi connectivity index (χ2n) is 6.45. The fourth-order valence-corrected chi connectivity index (χ4v) is 4.46. The summed E-state index contributed by atoms with van der Waals surface area (Å²) in [6.45, 7) is 3.36. The van der Waals surface area contributed by atoms with Crippen LogP contribution in [-0.4, -0.2) is 54.8 Å². The first-order chi connectivity index (χ1) is 13.0. The van der Waals surface area contributed by atoms with Crippen molar-refractivity contribution in [3.05, 3.63) is 54.4 Å². The fourth-order valence-electron chi connectivity index (χ4n) is 3.04. The zero-order chi connectivity index (χ0) is 19.3. The number of urea groups is 1. The Hall–Kier alpha value is -2.45. The lowest BCUT2D eigenvalue weighted by molar-refractivity contribution is 0.184. The lowest BCUT2D eigenvalue weighted by Gasteiger charge is -2.34. The summed E-state index contributed by atoms with van der Waals surface area (Å²) in [7, 11) is -3.54. The summed E-state index contributed by atoms with van der Waals surface area (Å²) in [6, 6.07) is 10.3. The molecule has 0 bridgehead atoms. The van der Waals surface area contributed by atoms with Crippen LogP contribution in [-0.2, 0) is 16.4 Å². The van der Waals surface area contributed by atoms with E-state index in [2.05, 4.69) is 17.2 Å². The van der Waals surface area contributed by atoms with E-state index in [1.165, 1.54) is 4.31 Å². The molecule has 3 rings (SSSR count). The molecule has 1 aliphatic heterocycles. The third-order valence-corrected chi connectivity index (χ3v) is 6.47. The molecule has 2 aromatic rings. The number of piperazine rings is 1. The molecule has 1 aromatic heterocycles. The van der Waals surface area contributed by atoms with Gasteiger partial charge in [0.15, 0.2) is 0 Å². The van der Waals surface area contributed by atoms with Gasteiger partial charge in [-0.05, 0) is 36.2 Å². The molecule has 8 heteroatoms. The van der Waals surface area contributed by atoms with Crippen LogP contribution in [0.3, 0.4) is 0 Å². The summed E-state index contributed by atoms with van der Waals surface area (Å²) in [4.78, 5) is 18.2. The van der Waals surface area contributed by atoms with Crippen molar-refractivity contribution in [1.29, 1.82) is 0 Å². The van der Waals surface area contributed by atoms with E-state index in [4.69, 9.17) is 0 Å². The van der Waals surface area contributed by atoms with Crippen molar-refractivity contribution < 1.29 is 13.2 Å². The van der Waals surface area contributed by atoms with Crippen LogP contribution >= 0.6 is 0 Å². The molecule has 1 aliphatic rings. The quantitative estimate of drug-likeness (QED) is 0.853. The molecular weight excluding hydrogens is 364 g/mol. The van der Waals surface area contributed by atoms with Gasteiger partial charge in [0.2, 0.25) is 10.0 Å². The normalized spacial score (nSPS) is 15.5. The zero-order valence-electron chi connectivity index (χ0n) is 15.3. The number of aryl methyl sites for hydroxylation is 1. The standard InChI is InChI=1S/C19H24N4O3S/c1-2-3-16-4-6-18(7-5-16)27(25,26)23-14-12-22(13-15-23)19(24)21-17-8-10-20-11-9-17/h4-11H,2-3,12-15H2,1H3,(H,20,21,24). The second kappa shape index (κ2) is 8.49. The number of nitrogens with zero attached hydrogens (tertiary/aromatic N) is 3. The number of sulfonamides is 1. The molecule has 2 amide bonds. The van der Waals surface area contributed by atoms with E-state index < -0.39 is 10.0 Å². The Bertz CT molecular complexity index is 862. The average molecular weight is 388 g/mol. The van der Waals surface area contributed by atoms with Crippen LogP contribution in [0.25, 0.3) is 0 Å². The molecule has 0 saturated carbocycles. The molecule has 0 radical (unpaired) electrons. The Labute approximate surface area is 160 Å². The monoisotopic (exact) mass is 388 g/mol. The van der Waals surface area contributed by atoms with Crippen molar-refractivity contribution >= 4 is 21.7 Å². The van der Waals surface area contributed by atoms with Gasteiger partial charge in [-0.15, -0.1) is 0 Å². The number of nitrogens with one attached hydrogen (secondary N) is 1. The Balaban J connectivity index is 1.60. The van der Waals surface area contributed by atoms with Crippen LogP contribution in [0.2, 0.25) is 0 Å². The number of rotatable bonds is 5. The van der Waals surface area contributed by atoms with E-state index in [9.17, 15) is 13.2 Å². The van der Waals surface area contributed by atoms with Gasteiger partial charge >= 0.3 is 6.03 Å². The topological polar surface area (TPSA) is 82.6 Å². The first-order valence-electron chi connectivity index (χ1n) is 9.06. The predicted molar refractivity (Wildman–Crippen MR) is 104 cm³/mol. The summed E-state index contributed by atoms with van der Waals surface area (Å²) in [5.74, 6) is 0. The highest BCUT2D eigenvalue weighted by Gasteiger charge is 2.30. The lowest BCUT2D eigenvalue weighted by atomic mass is 10.1. The molecule has 7 nitrogen and oxygen atoms in total. The van der Waals surface area contributed by atoms with E-state index in [-0.39, 0.29) is 19.1 Å². The molecule has 2 heterocycles. The van der Waals surface area contributed by atoms with Crippen molar-refractivity contribution in [1.82, 2.24) is 14.2 Å². The van der Waals surface area contributed by atoms with Crippen LogP contribution in [0.1, 0.15) is 18.9 Å². The van der Waals surface area contributed by atoms with Gasteiger partial charge < -0.3 is 10.2 Å².